The van der Waals surface area contributed by atoms with Gasteiger partial charge in [-0.15, -0.1) is 0 Å². The van der Waals surface area contributed by atoms with Gasteiger partial charge in [0.25, 0.3) is 5.91 Å². The average Bonchev–Trinajstić information content (AvgIpc) is 3.13. The van der Waals surface area contributed by atoms with Crippen molar-refractivity contribution in [2.45, 2.75) is 18.2 Å². The topological polar surface area (TPSA) is 81.7 Å². The molecule has 6 nitrogen and oxygen atoms in total. The average molecular weight is 424 g/mol. The van der Waals surface area contributed by atoms with Crippen LogP contribution in [-0.2, 0) is 14.6 Å². The largest absolute Gasteiger partial charge is 0.496 e. The summed E-state index contributed by atoms with van der Waals surface area (Å²) in [5.74, 6) is -0.0955. The summed E-state index contributed by atoms with van der Waals surface area (Å²) < 4.78 is 36.0. The number of hydrogen-bond donors (Lipinski definition) is 1. The van der Waals surface area contributed by atoms with Crippen molar-refractivity contribution in [1.82, 2.24) is 0 Å². The fraction of sp³-hybridized carbons (Fsp3) is 0.350. The Morgan fingerprint density at radius 1 is 1.25 bits per heavy atom. The van der Waals surface area contributed by atoms with Crippen molar-refractivity contribution in [3.05, 3.63) is 53.6 Å². The Morgan fingerprint density at radius 2 is 2.04 bits per heavy atom. The normalized spacial score (nSPS) is 16.3. The predicted octanol–water partition coefficient (Wildman–Crippen LogP) is 3.18. The Bertz CT molecular complexity index is 937. The minimum Gasteiger partial charge on any atom is -0.496 e. The Kier molecular flexibility index (Phi) is 7.51. The first-order valence-corrected chi connectivity index (χ1v) is 10.4. The van der Waals surface area contributed by atoms with Crippen LogP contribution in [0.5, 0.6) is 5.75 Å². The highest BCUT2D eigenvalue weighted by Gasteiger charge is 2.26. The fourth-order valence-electron chi connectivity index (χ4n) is 3.10. The van der Waals surface area contributed by atoms with E-state index in [1.165, 1.54) is 25.3 Å². The zero-order chi connectivity index (χ0) is 19.4. The molecule has 28 heavy (non-hydrogen) atoms. The Labute approximate surface area is 172 Å². The van der Waals surface area contributed by atoms with Crippen LogP contribution < -0.4 is 10.1 Å². The van der Waals surface area contributed by atoms with E-state index in [9.17, 15) is 13.2 Å². The van der Waals surface area contributed by atoms with E-state index < -0.39 is 15.7 Å². The first kappa shape index (κ1) is 22.3. The van der Waals surface area contributed by atoms with Gasteiger partial charge in [-0.1, -0.05) is 12.1 Å². The van der Waals surface area contributed by atoms with E-state index in [0.717, 1.165) is 12.0 Å². The molecule has 1 amide bonds. The third kappa shape index (κ3) is 5.27. The summed E-state index contributed by atoms with van der Waals surface area (Å²) in [5, 5.41) is 2.79. The number of amides is 1. The lowest BCUT2D eigenvalue weighted by atomic mass is 10.1. The van der Waals surface area contributed by atoms with E-state index in [1.54, 1.807) is 6.07 Å². The van der Waals surface area contributed by atoms with E-state index >= 15 is 0 Å². The van der Waals surface area contributed by atoms with Gasteiger partial charge in [0.15, 0.2) is 9.84 Å². The molecule has 2 aromatic carbocycles. The lowest BCUT2D eigenvalue weighted by Crippen LogP contribution is -2.18. The van der Waals surface area contributed by atoms with E-state index in [4.69, 9.17) is 9.47 Å². The molecule has 0 aliphatic carbocycles. The van der Waals surface area contributed by atoms with Gasteiger partial charge in [-0.3, -0.25) is 4.79 Å². The quantitative estimate of drug-likeness (QED) is 0.772. The maximum absolute atomic E-state index is 12.7. The molecule has 2 aromatic rings. The standard InChI is InChI=1S/C20H23NO5S.H2S/c1-14-4-3-5-16(10-14)21-20(22)18-11-17(6-7-19(18)25-2)27(23,24)13-15-8-9-26-12-15;/h3-7,10-11,15H,8-9,12-13H2,1-2H3,(H,21,22);1H2/t15-;/m0./s1. The smallest absolute Gasteiger partial charge is 0.259 e. The number of nitrogens with one attached hydrogen (secondary N) is 1. The molecule has 152 valence electrons. The molecule has 1 aliphatic heterocycles. The number of carbonyl (C=O) groups excluding carboxylic acids is 1. The molecule has 1 aliphatic rings. The molecule has 0 saturated carbocycles. The van der Waals surface area contributed by atoms with Crippen LogP contribution in [0.2, 0.25) is 0 Å². The highest BCUT2D eigenvalue weighted by Crippen LogP contribution is 2.26. The Hall–Kier alpha value is -2.03. The van der Waals surface area contributed by atoms with Crippen LogP contribution >= 0.6 is 13.5 Å². The molecule has 1 fully saturated rings. The molecule has 0 aromatic heterocycles. The van der Waals surface area contributed by atoms with Gasteiger partial charge in [-0.05, 0) is 55.2 Å². The van der Waals surface area contributed by atoms with Crippen LogP contribution in [0.25, 0.3) is 0 Å². The third-order valence-electron chi connectivity index (χ3n) is 4.53. The molecular weight excluding hydrogens is 398 g/mol. The minimum atomic E-state index is -3.52. The van der Waals surface area contributed by atoms with Crippen LogP contribution in [0.4, 0.5) is 5.69 Å². The van der Waals surface area contributed by atoms with Crippen molar-refractivity contribution in [3.63, 3.8) is 0 Å². The summed E-state index contributed by atoms with van der Waals surface area (Å²) in [4.78, 5) is 12.8. The minimum absolute atomic E-state index is 0. The molecule has 0 radical (unpaired) electrons. The van der Waals surface area contributed by atoms with Crippen LogP contribution in [0, 0.1) is 12.8 Å². The fourth-order valence-corrected chi connectivity index (χ4v) is 4.75. The summed E-state index contributed by atoms with van der Waals surface area (Å²) in [6.07, 6.45) is 0.732. The van der Waals surface area contributed by atoms with E-state index in [2.05, 4.69) is 5.32 Å². The Balaban J connectivity index is 0.00000280. The van der Waals surface area contributed by atoms with Gasteiger partial charge in [-0.2, -0.15) is 13.5 Å². The number of anilines is 1. The highest BCUT2D eigenvalue weighted by atomic mass is 32.2. The molecule has 1 N–H and O–H groups in total. The molecule has 3 rings (SSSR count). The monoisotopic (exact) mass is 423 g/mol. The highest BCUT2D eigenvalue weighted by molar-refractivity contribution is 7.91. The summed E-state index contributed by atoms with van der Waals surface area (Å²) in [6.45, 7) is 2.97. The first-order valence-electron chi connectivity index (χ1n) is 8.75. The summed E-state index contributed by atoms with van der Waals surface area (Å²) in [5.41, 5.74) is 1.83. The molecule has 1 atom stereocenters. The van der Waals surface area contributed by atoms with Gasteiger partial charge in [0, 0.05) is 12.3 Å². The summed E-state index contributed by atoms with van der Waals surface area (Å²) >= 11 is 0. The van der Waals surface area contributed by atoms with Crippen LogP contribution in [0.1, 0.15) is 22.3 Å². The van der Waals surface area contributed by atoms with Gasteiger partial charge in [0.1, 0.15) is 5.75 Å². The van der Waals surface area contributed by atoms with E-state index in [0.29, 0.717) is 24.7 Å². The maximum Gasteiger partial charge on any atom is 0.259 e. The number of aryl methyl sites for hydroxylation is 1. The molecule has 1 saturated heterocycles. The van der Waals surface area contributed by atoms with E-state index in [1.807, 2.05) is 25.1 Å². The van der Waals surface area contributed by atoms with Gasteiger partial charge < -0.3 is 14.8 Å². The van der Waals surface area contributed by atoms with Crippen molar-refractivity contribution in [1.29, 1.82) is 0 Å². The lowest BCUT2D eigenvalue weighted by molar-refractivity contribution is 0.102. The number of methoxy groups -OCH3 is 1. The van der Waals surface area contributed by atoms with Crippen molar-refractivity contribution in [2.24, 2.45) is 5.92 Å². The zero-order valence-corrected chi connectivity index (χ0v) is 17.7. The number of carbonyl (C=O) groups is 1. The van der Waals surface area contributed by atoms with Crippen molar-refractivity contribution < 1.29 is 22.7 Å². The van der Waals surface area contributed by atoms with Crippen LogP contribution in [-0.4, -0.2) is 40.4 Å². The molecule has 1 heterocycles. The van der Waals surface area contributed by atoms with Crippen LogP contribution in [0.15, 0.2) is 47.4 Å². The van der Waals surface area contributed by atoms with Crippen molar-refractivity contribution in [2.75, 3.05) is 31.4 Å². The predicted molar refractivity (Wildman–Crippen MR) is 113 cm³/mol. The second kappa shape index (κ2) is 9.45. The SMILES string of the molecule is COc1ccc(S(=O)(=O)C[C@H]2CCOC2)cc1C(=O)Nc1cccc(C)c1.S. The van der Waals surface area contributed by atoms with Crippen molar-refractivity contribution in [3.8, 4) is 5.75 Å². The molecule has 0 bridgehead atoms. The molecular formula is C20H25NO5S2. The number of benzene rings is 2. The van der Waals surface area contributed by atoms with Crippen molar-refractivity contribution >= 4 is 34.9 Å². The van der Waals surface area contributed by atoms with Gasteiger partial charge in [0.2, 0.25) is 0 Å². The zero-order valence-electron chi connectivity index (χ0n) is 15.9. The number of rotatable bonds is 6. The van der Waals surface area contributed by atoms with Crippen LogP contribution in [0.3, 0.4) is 0 Å². The summed E-state index contributed by atoms with van der Waals surface area (Å²) in [6, 6.07) is 11.8. The summed E-state index contributed by atoms with van der Waals surface area (Å²) in [7, 11) is -2.07. The van der Waals surface area contributed by atoms with Gasteiger partial charge in [0.05, 0.1) is 29.9 Å². The molecule has 0 spiro atoms. The Morgan fingerprint density at radius 3 is 2.68 bits per heavy atom. The first-order chi connectivity index (χ1) is 12.9. The van der Waals surface area contributed by atoms with E-state index in [-0.39, 0.29) is 35.6 Å². The number of ether oxygens (including phenoxy) is 2. The maximum atomic E-state index is 12.7. The molecule has 0 unspecified atom stereocenters. The number of sulfone groups is 1. The third-order valence-corrected chi connectivity index (χ3v) is 6.41. The lowest BCUT2D eigenvalue weighted by Gasteiger charge is -2.13. The number of hydrogen-bond acceptors (Lipinski definition) is 5. The van der Waals surface area contributed by atoms with Gasteiger partial charge in [-0.25, -0.2) is 8.42 Å². The molecule has 8 heteroatoms. The second-order valence-electron chi connectivity index (χ2n) is 6.70. The second-order valence-corrected chi connectivity index (χ2v) is 8.73. The van der Waals surface area contributed by atoms with Gasteiger partial charge >= 0.3 is 0 Å².